The number of pyridine rings is 1. The second-order valence-electron chi connectivity index (χ2n) is 6.69. The zero-order chi connectivity index (χ0) is 23.4. The third kappa shape index (κ3) is 5.52. The summed E-state index contributed by atoms with van der Waals surface area (Å²) in [6.07, 6.45) is 1.94. The van der Waals surface area contributed by atoms with E-state index >= 15 is 0 Å². The largest absolute Gasteiger partial charge is 0.760 e. The Kier molecular flexibility index (Phi) is 7.98. The fourth-order valence-corrected chi connectivity index (χ4v) is 4.22. The van der Waals surface area contributed by atoms with Crippen LogP contribution in [0.15, 0.2) is 47.4 Å². The normalized spacial score (nSPS) is 11.9. The van der Waals surface area contributed by atoms with Crippen molar-refractivity contribution >= 4 is 33.9 Å². The third-order valence-electron chi connectivity index (χ3n) is 4.56. The molecule has 1 atom stereocenters. The van der Waals surface area contributed by atoms with Crippen LogP contribution in [-0.2, 0) is 24.7 Å². The lowest BCUT2D eigenvalue weighted by atomic mass is 10.0. The average molecular weight is 575 g/mol. The van der Waals surface area contributed by atoms with Gasteiger partial charge in [-0.2, -0.15) is 0 Å². The summed E-state index contributed by atoms with van der Waals surface area (Å²) in [5.41, 5.74) is 1.51. The van der Waals surface area contributed by atoms with Gasteiger partial charge in [0.1, 0.15) is 20.9 Å². The summed E-state index contributed by atoms with van der Waals surface area (Å²) in [5, 5.41) is 0. The van der Waals surface area contributed by atoms with Gasteiger partial charge in [0.15, 0.2) is 11.6 Å². The summed E-state index contributed by atoms with van der Waals surface area (Å²) in [7, 11) is 3.02. The van der Waals surface area contributed by atoms with Crippen LogP contribution in [0.1, 0.15) is 5.56 Å². The van der Waals surface area contributed by atoms with Crippen molar-refractivity contribution < 1.29 is 27.0 Å². The highest BCUT2D eigenvalue weighted by Gasteiger charge is 2.20. The second-order valence-corrected chi connectivity index (χ2v) is 8.53. The van der Waals surface area contributed by atoms with Crippen LogP contribution in [0.2, 0.25) is 0 Å². The molecule has 1 unspecified atom stereocenters. The highest BCUT2D eigenvalue weighted by molar-refractivity contribution is 14.1. The molecule has 0 bridgehead atoms. The lowest BCUT2D eigenvalue weighted by Crippen LogP contribution is -2.20. The van der Waals surface area contributed by atoms with Gasteiger partial charge in [-0.25, -0.2) is 13.5 Å². The summed E-state index contributed by atoms with van der Waals surface area (Å²) in [4.78, 5) is 12.3. The zero-order valence-corrected chi connectivity index (χ0v) is 20.0. The Bertz CT molecular complexity index is 1240. The van der Waals surface area contributed by atoms with Gasteiger partial charge in [-0.15, -0.1) is 0 Å². The first-order valence-corrected chi connectivity index (χ1v) is 11.4. The van der Waals surface area contributed by atoms with Gasteiger partial charge in [-0.1, -0.05) is 6.07 Å². The number of hydrogen-bond acceptors (Lipinski definition) is 5. The number of ether oxygens (including phenoxy) is 2. The maximum atomic E-state index is 14.2. The number of nitrogens with zero attached hydrogens (tertiary/aromatic N) is 1. The molecule has 7 nitrogen and oxygen atoms in total. The molecule has 0 saturated heterocycles. The summed E-state index contributed by atoms with van der Waals surface area (Å²) >= 11 is -0.500. The van der Waals surface area contributed by atoms with Crippen molar-refractivity contribution in [1.82, 2.24) is 9.29 Å². The van der Waals surface area contributed by atoms with Crippen LogP contribution in [-0.4, -0.2) is 27.0 Å². The van der Waals surface area contributed by atoms with Gasteiger partial charge >= 0.3 is 0 Å². The van der Waals surface area contributed by atoms with E-state index in [1.54, 1.807) is 31.4 Å². The number of aromatic nitrogens is 1. The van der Waals surface area contributed by atoms with Crippen molar-refractivity contribution in [1.29, 1.82) is 0 Å². The van der Waals surface area contributed by atoms with Crippen molar-refractivity contribution in [2.45, 2.75) is 6.42 Å². The van der Waals surface area contributed by atoms with Crippen molar-refractivity contribution in [3.05, 3.63) is 73.7 Å². The highest BCUT2D eigenvalue weighted by Crippen LogP contribution is 2.40. The molecule has 0 aliphatic carbocycles. The van der Waals surface area contributed by atoms with E-state index < -0.39 is 22.9 Å². The number of benzene rings is 2. The molecule has 0 fully saturated rings. The molecule has 0 amide bonds. The molecule has 0 aliphatic rings. The molecule has 170 valence electrons. The minimum absolute atomic E-state index is 0.171. The van der Waals surface area contributed by atoms with Gasteiger partial charge in [-0.3, -0.25) is 9.00 Å². The second kappa shape index (κ2) is 10.5. The van der Waals surface area contributed by atoms with Gasteiger partial charge < -0.3 is 18.6 Å². The topological polar surface area (TPSA) is 92.6 Å². The fraction of sp³-hybridized carbons (Fsp3) is 0.190. The van der Waals surface area contributed by atoms with Crippen molar-refractivity contribution in [2.24, 2.45) is 7.05 Å². The maximum Gasteiger partial charge on any atom is 0.267 e. The number of aryl methyl sites for hydroxylation is 1. The first kappa shape index (κ1) is 24.3. The number of halogens is 3. The molecule has 1 aromatic heterocycles. The molecular weight excluding hydrogens is 557 g/mol. The quantitative estimate of drug-likeness (QED) is 0.327. The summed E-state index contributed by atoms with van der Waals surface area (Å²) in [5.74, 6) is -1.23. The smallest absolute Gasteiger partial charge is 0.267 e. The predicted octanol–water partition coefficient (Wildman–Crippen LogP) is 3.66. The highest BCUT2D eigenvalue weighted by atomic mass is 127. The number of methoxy groups -OCH3 is 1. The monoisotopic (exact) mass is 575 g/mol. The van der Waals surface area contributed by atoms with Gasteiger partial charge in [0.25, 0.3) is 5.56 Å². The minimum Gasteiger partial charge on any atom is -0.760 e. The maximum absolute atomic E-state index is 14.2. The van der Waals surface area contributed by atoms with Gasteiger partial charge in [0.05, 0.1) is 7.11 Å². The molecule has 32 heavy (non-hydrogen) atoms. The van der Waals surface area contributed by atoms with E-state index in [-0.39, 0.29) is 23.6 Å². The first-order valence-electron chi connectivity index (χ1n) is 9.23. The number of rotatable bonds is 8. The van der Waals surface area contributed by atoms with Crippen LogP contribution in [0, 0.1) is 15.2 Å². The fourth-order valence-electron chi connectivity index (χ4n) is 3.06. The standard InChI is InChI=1S/C21H19F2IN2O5S/c1-26-11-15(20(30-2)19(24)21(26)27)14-9-12(7-8-25-32(28)29)3-5-17(14)31-18-6-4-13(22)10-16(18)23/h3-6,9-11,25H,7-8H2,1-2H3,(H,28,29)/p-1. The molecule has 0 aliphatic heterocycles. The van der Waals surface area contributed by atoms with Gasteiger partial charge in [-0.05, 0) is 58.8 Å². The van der Waals surface area contributed by atoms with Crippen molar-refractivity contribution in [3.8, 4) is 28.4 Å². The Hall–Kier alpha value is -2.35. The number of nitrogens with one attached hydrogen (secondary N) is 1. The van der Waals surface area contributed by atoms with E-state index in [2.05, 4.69) is 4.72 Å². The Labute approximate surface area is 198 Å². The molecule has 0 spiro atoms. The lowest BCUT2D eigenvalue weighted by Gasteiger charge is -2.18. The van der Waals surface area contributed by atoms with E-state index in [0.29, 0.717) is 32.9 Å². The molecule has 11 heteroatoms. The Morgan fingerprint density at radius 1 is 1.16 bits per heavy atom. The van der Waals surface area contributed by atoms with Crippen molar-refractivity contribution in [2.75, 3.05) is 13.7 Å². The average Bonchev–Trinajstić information content (AvgIpc) is 2.74. The first-order chi connectivity index (χ1) is 15.2. The van der Waals surface area contributed by atoms with Gasteiger partial charge in [0, 0.05) is 48.2 Å². The van der Waals surface area contributed by atoms with E-state index in [0.717, 1.165) is 11.6 Å². The summed E-state index contributed by atoms with van der Waals surface area (Å²) < 4.78 is 64.2. The molecule has 3 aromatic rings. The lowest BCUT2D eigenvalue weighted by molar-refractivity contribution is 0.410. The molecule has 2 aromatic carbocycles. The summed E-state index contributed by atoms with van der Waals surface area (Å²) in [6, 6.07) is 8.01. The third-order valence-corrected chi connectivity index (χ3v) is 5.95. The van der Waals surface area contributed by atoms with Gasteiger partial charge in [0.2, 0.25) is 0 Å². The Morgan fingerprint density at radius 2 is 1.88 bits per heavy atom. The molecule has 0 radical (unpaired) electrons. The zero-order valence-electron chi connectivity index (χ0n) is 17.0. The van der Waals surface area contributed by atoms with Crippen LogP contribution in [0.4, 0.5) is 8.78 Å². The van der Waals surface area contributed by atoms with E-state index in [9.17, 15) is 22.3 Å². The molecule has 1 heterocycles. The van der Waals surface area contributed by atoms with Crippen LogP contribution >= 0.6 is 22.6 Å². The van der Waals surface area contributed by atoms with Crippen LogP contribution in [0.5, 0.6) is 17.2 Å². The van der Waals surface area contributed by atoms with Crippen molar-refractivity contribution in [3.63, 3.8) is 0 Å². The summed E-state index contributed by atoms with van der Waals surface area (Å²) in [6.45, 7) is 0.171. The molecule has 0 saturated carbocycles. The number of hydrogen-bond donors (Lipinski definition) is 1. The SMILES string of the molecule is COc1c(-c2cc(CCNS(=O)[O-])ccc2Oc2ccc(F)cc2F)cn(C)c(=O)c1I. The van der Waals surface area contributed by atoms with E-state index in [1.807, 2.05) is 22.6 Å². The van der Waals surface area contributed by atoms with E-state index in [1.165, 1.54) is 17.7 Å². The van der Waals surface area contributed by atoms with Crippen LogP contribution in [0.25, 0.3) is 11.1 Å². The van der Waals surface area contributed by atoms with Crippen LogP contribution < -0.4 is 19.8 Å². The molecular formula is C21H18F2IN2O5S-. The van der Waals surface area contributed by atoms with Crippen LogP contribution in [0.3, 0.4) is 0 Å². The van der Waals surface area contributed by atoms with E-state index in [4.69, 9.17) is 9.47 Å². The minimum atomic E-state index is -2.39. The Balaban J connectivity index is 2.14. The Morgan fingerprint density at radius 3 is 2.53 bits per heavy atom. The predicted molar refractivity (Wildman–Crippen MR) is 123 cm³/mol. The molecule has 1 N–H and O–H groups in total. The molecule has 3 rings (SSSR count).